The quantitative estimate of drug-likeness (QED) is 0.568. The third kappa shape index (κ3) is 4.97. The van der Waals surface area contributed by atoms with Gasteiger partial charge in [0.2, 0.25) is 0 Å². The van der Waals surface area contributed by atoms with Gasteiger partial charge in [0.05, 0.1) is 24.3 Å². The summed E-state index contributed by atoms with van der Waals surface area (Å²) in [7, 11) is -0.807. The van der Waals surface area contributed by atoms with E-state index >= 15 is 0 Å². The second-order valence-corrected chi connectivity index (χ2v) is 8.56. The van der Waals surface area contributed by atoms with E-state index in [0.29, 0.717) is 35.0 Å². The molecule has 0 aliphatic rings. The van der Waals surface area contributed by atoms with E-state index in [1.54, 1.807) is 54.6 Å². The van der Waals surface area contributed by atoms with E-state index in [0.717, 1.165) is 0 Å². The van der Waals surface area contributed by atoms with Crippen molar-refractivity contribution < 1.29 is 22.7 Å². The maximum Gasteiger partial charge on any atom is 0.264 e. The number of rotatable bonds is 8. The van der Waals surface area contributed by atoms with Crippen molar-refractivity contribution >= 4 is 27.3 Å². The minimum Gasteiger partial charge on any atom is -0.493 e. The van der Waals surface area contributed by atoms with Crippen LogP contribution in [0.25, 0.3) is 0 Å². The largest absolute Gasteiger partial charge is 0.493 e. The second kappa shape index (κ2) is 9.53. The Morgan fingerprint density at radius 1 is 0.968 bits per heavy atom. The fourth-order valence-electron chi connectivity index (χ4n) is 2.96. The number of methoxy groups -OCH3 is 1. The molecular weight excluding hydrogens is 416 g/mol. The molecule has 0 unspecified atom stereocenters. The number of carbonyl (C=O) groups is 1. The predicted octanol–water partition coefficient (Wildman–Crippen LogP) is 4.17. The highest BCUT2D eigenvalue weighted by atomic mass is 32.2. The third-order valence-corrected chi connectivity index (χ3v) is 6.38. The fraction of sp³-hybridized carbons (Fsp3) is 0.174. The maximum absolute atomic E-state index is 13.0. The highest BCUT2D eigenvalue weighted by Crippen LogP contribution is 2.29. The van der Waals surface area contributed by atoms with E-state index in [4.69, 9.17) is 9.47 Å². The van der Waals surface area contributed by atoms with Gasteiger partial charge in [0, 0.05) is 18.3 Å². The first-order valence-corrected chi connectivity index (χ1v) is 11.1. The van der Waals surface area contributed by atoms with Gasteiger partial charge >= 0.3 is 0 Å². The van der Waals surface area contributed by atoms with Crippen LogP contribution in [0.5, 0.6) is 11.5 Å². The first kappa shape index (κ1) is 22.2. The van der Waals surface area contributed by atoms with Gasteiger partial charge in [-0.3, -0.25) is 9.10 Å². The molecule has 3 rings (SSSR count). The van der Waals surface area contributed by atoms with Crippen molar-refractivity contribution in [1.29, 1.82) is 0 Å². The number of ether oxygens (including phenoxy) is 2. The van der Waals surface area contributed by atoms with Crippen LogP contribution >= 0.6 is 0 Å². The molecule has 0 heterocycles. The smallest absolute Gasteiger partial charge is 0.264 e. The summed E-state index contributed by atoms with van der Waals surface area (Å²) in [6.45, 7) is 2.33. The van der Waals surface area contributed by atoms with Gasteiger partial charge in [-0.05, 0) is 55.5 Å². The topological polar surface area (TPSA) is 84.9 Å². The Morgan fingerprint density at radius 3 is 2.39 bits per heavy atom. The molecule has 8 heteroatoms. The molecule has 0 aromatic heterocycles. The van der Waals surface area contributed by atoms with Crippen molar-refractivity contribution in [3.63, 3.8) is 0 Å². The number of sulfonamides is 1. The Kier molecular flexibility index (Phi) is 6.81. The molecule has 1 amide bonds. The van der Waals surface area contributed by atoms with Gasteiger partial charge in [-0.1, -0.05) is 24.3 Å². The fourth-order valence-corrected chi connectivity index (χ4v) is 4.20. The number of para-hydroxylation sites is 1. The van der Waals surface area contributed by atoms with Crippen molar-refractivity contribution in [2.24, 2.45) is 0 Å². The van der Waals surface area contributed by atoms with Crippen LogP contribution in [0.1, 0.15) is 17.3 Å². The SMILES string of the molecule is CCOc1ccc(C(=O)Nc2cccc(S(=O)(=O)N(C)c3ccccc3)c2)cc1OC. The maximum atomic E-state index is 13.0. The molecule has 0 radical (unpaired) electrons. The molecule has 0 aliphatic heterocycles. The number of carbonyl (C=O) groups excluding carboxylic acids is 1. The second-order valence-electron chi connectivity index (χ2n) is 6.59. The summed E-state index contributed by atoms with van der Waals surface area (Å²) >= 11 is 0. The molecule has 31 heavy (non-hydrogen) atoms. The first-order chi connectivity index (χ1) is 14.9. The number of benzene rings is 3. The molecule has 162 valence electrons. The van der Waals surface area contributed by atoms with Gasteiger partial charge in [0.15, 0.2) is 11.5 Å². The Labute approximate surface area is 182 Å². The molecule has 0 atom stereocenters. The molecule has 7 nitrogen and oxygen atoms in total. The van der Waals surface area contributed by atoms with Crippen LogP contribution in [0, 0.1) is 0 Å². The third-order valence-electron chi connectivity index (χ3n) is 4.60. The lowest BCUT2D eigenvalue weighted by Gasteiger charge is -2.20. The molecule has 0 fully saturated rings. The molecule has 1 N–H and O–H groups in total. The van der Waals surface area contributed by atoms with Gasteiger partial charge in [-0.15, -0.1) is 0 Å². The Hall–Kier alpha value is -3.52. The van der Waals surface area contributed by atoms with E-state index in [-0.39, 0.29) is 4.90 Å². The van der Waals surface area contributed by atoms with Gasteiger partial charge < -0.3 is 14.8 Å². The lowest BCUT2D eigenvalue weighted by atomic mass is 10.2. The average molecular weight is 441 g/mol. The van der Waals surface area contributed by atoms with Gasteiger partial charge in [-0.2, -0.15) is 0 Å². The molecule has 0 spiro atoms. The van der Waals surface area contributed by atoms with Crippen molar-refractivity contribution in [3.8, 4) is 11.5 Å². The van der Waals surface area contributed by atoms with E-state index < -0.39 is 15.9 Å². The van der Waals surface area contributed by atoms with Crippen LogP contribution in [0.4, 0.5) is 11.4 Å². The lowest BCUT2D eigenvalue weighted by Crippen LogP contribution is -2.26. The first-order valence-electron chi connectivity index (χ1n) is 9.63. The Balaban J connectivity index is 1.83. The number of nitrogens with zero attached hydrogens (tertiary/aromatic N) is 1. The summed E-state index contributed by atoms with van der Waals surface area (Å²) in [6.07, 6.45) is 0. The van der Waals surface area contributed by atoms with Crippen molar-refractivity contribution in [2.45, 2.75) is 11.8 Å². The highest BCUT2D eigenvalue weighted by molar-refractivity contribution is 7.92. The summed E-state index contributed by atoms with van der Waals surface area (Å²) in [5.41, 5.74) is 1.26. The number of anilines is 2. The van der Waals surface area contributed by atoms with E-state index in [2.05, 4.69) is 5.32 Å². The van der Waals surface area contributed by atoms with Crippen LogP contribution in [0.2, 0.25) is 0 Å². The van der Waals surface area contributed by atoms with Gasteiger partial charge in [0.1, 0.15) is 0 Å². The number of hydrogen-bond donors (Lipinski definition) is 1. The summed E-state index contributed by atoms with van der Waals surface area (Å²) in [5, 5.41) is 2.73. The molecule has 0 saturated heterocycles. The molecule has 0 aliphatic carbocycles. The van der Waals surface area contributed by atoms with Crippen molar-refractivity contribution in [2.75, 3.05) is 30.4 Å². The number of nitrogens with one attached hydrogen (secondary N) is 1. The summed E-state index contributed by atoms with van der Waals surface area (Å²) < 4.78 is 38.0. The van der Waals surface area contributed by atoms with Gasteiger partial charge in [-0.25, -0.2) is 8.42 Å². The van der Waals surface area contributed by atoms with Crippen LogP contribution in [-0.2, 0) is 10.0 Å². The zero-order valence-corrected chi connectivity index (χ0v) is 18.3. The Morgan fingerprint density at radius 2 is 1.71 bits per heavy atom. The van der Waals surface area contributed by atoms with Crippen LogP contribution in [0.15, 0.2) is 77.7 Å². The van der Waals surface area contributed by atoms with Crippen LogP contribution in [-0.4, -0.2) is 35.1 Å². The lowest BCUT2D eigenvalue weighted by molar-refractivity contribution is 0.102. The van der Waals surface area contributed by atoms with Gasteiger partial charge in [0.25, 0.3) is 15.9 Å². The zero-order chi connectivity index (χ0) is 22.4. The zero-order valence-electron chi connectivity index (χ0n) is 17.5. The molecule has 0 saturated carbocycles. The molecular formula is C23H24N2O5S. The molecule has 3 aromatic rings. The average Bonchev–Trinajstić information content (AvgIpc) is 2.79. The normalized spacial score (nSPS) is 10.9. The summed E-state index contributed by atoms with van der Waals surface area (Å²) in [6, 6.07) is 19.8. The summed E-state index contributed by atoms with van der Waals surface area (Å²) in [5.74, 6) is 0.584. The number of amides is 1. The standard InChI is InChI=1S/C23H24N2O5S/c1-4-30-21-14-13-17(15-22(21)29-3)23(26)24-18-9-8-12-20(16-18)31(27,28)25(2)19-10-6-5-7-11-19/h5-16H,4H2,1-3H3,(H,24,26). The van der Waals surface area contributed by atoms with E-state index in [1.807, 2.05) is 13.0 Å². The van der Waals surface area contributed by atoms with E-state index in [1.165, 1.54) is 30.6 Å². The monoisotopic (exact) mass is 440 g/mol. The molecule has 3 aromatic carbocycles. The minimum absolute atomic E-state index is 0.0703. The van der Waals surface area contributed by atoms with Crippen molar-refractivity contribution in [3.05, 3.63) is 78.4 Å². The van der Waals surface area contributed by atoms with Crippen LogP contribution in [0.3, 0.4) is 0 Å². The summed E-state index contributed by atoms with van der Waals surface area (Å²) in [4.78, 5) is 12.8. The predicted molar refractivity (Wildman–Crippen MR) is 121 cm³/mol. The Bertz CT molecular complexity index is 1160. The van der Waals surface area contributed by atoms with Crippen molar-refractivity contribution in [1.82, 2.24) is 0 Å². The minimum atomic E-state index is -3.79. The number of hydrogen-bond acceptors (Lipinski definition) is 5. The molecule has 0 bridgehead atoms. The van der Waals surface area contributed by atoms with Crippen LogP contribution < -0.4 is 19.1 Å². The highest BCUT2D eigenvalue weighted by Gasteiger charge is 2.22. The van der Waals surface area contributed by atoms with E-state index in [9.17, 15) is 13.2 Å².